The number of anilines is 1. The van der Waals surface area contributed by atoms with Gasteiger partial charge in [0.2, 0.25) is 0 Å². The number of carbonyl (C=O) groups excluding carboxylic acids is 1. The maximum atomic E-state index is 12.5. The first-order valence-corrected chi connectivity index (χ1v) is 8.16. The van der Waals surface area contributed by atoms with Crippen molar-refractivity contribution in [3.63, 3.8) is 0 Å². The van der Waals surface area contributed by atoms with Gasteiger partial charge in [-0.05, 0) is 55.7 Å². The van der Waals surface area contributed by atoms with Gasteiger partial charge in [0.25, 0.3) is 5.91 Å². The van der Waals surface area contributed by atoms with Crippen LogP contribution in [0.4, 0.5) is 5.69 Å². The number of carbonyl (C=O) groups is 1. The third-order valence-corrected chi connectivity index (χ3v) is 4.26. The lowest BCUT2D eigenvalue weighted by Crippen LogP contribution is -2.32. The van der Waals surface area contributed by atoms with Crippen LogP contribution in [0.1, 0.15) is 24.5 Å². The molecule has 0 aromatic heterocycles. The summed E-state index contributed by atoms with van der Waals surface area (Å²) in [6, 6.07) is 10.8. The zero-order chi connectivity index (χ0) is 17.0. The Labute approximate surface area is 146 Å². The molecule has 0 spiro atoms. The molecule has 2 aromatic carbocycles. The number of hydrogen-bond acceptors (Lipinski definition) is 2. The molecule has 0 heterocycles. The molecule has 0 aliphatic heterocycles. The summed E-state index contributed by atoms with van der Waals surface area (Å²) in [4.78, 5) is 12.5. The number of hydrogen-bond donors (Lipinski definition) is 1. The highest BCUT2D eigenvalue weighted by Gasteiger charge is 2.20. The predicted molar refractivity (Wildman–Crippen MR) is 95.7 cm³/mol. The molecule has 23 heavy (non-hydrogen) atoms. The molecule has 0 aliphatic carbocycles. The Kier molecular flexibility index (Phi) is 5.91. The summed E-state index contributed by atoms with van der Waals surface area (Å²) >= 11 is 12.2. The van der Waals surface area contributed by atoms with Gasteiger partial charge < -0.3 is 10.1 Å². The first kappa shape index (κ1) is 17.6. The molecule has 0 radical (unpaired) electrons. The van der Waals surface area contributed by atoms with Gasteiger partial charge in [0.05, 0.1) is 15.7 Å². The fourth-order valence-corrected chi connectivity index (χ4v) is 2.59. The fraction of sp³-hybridized carbons (Fsp3) is 0.278. The lowest BCUT2D eigenvalue weighted by atomic mass is 10.1. The number of ether oxygens (including phenoxy) is 1. The van der Waals surface area contributed by atoms with Gasteiger partial charge in [0, 0.05) is 0 Å². The number of para-hydroxylation sites is 1. The molecule has 1 amide bonds. The molecule has 0 bridgehead atoms. The number of halogens is 2. The second kappa shape index (κ2) is 7.71. The Morgan fingerprint density at radius 1 is 1.13 bits per heavy atom. The quantitative estimate of drug-likeness (QED) is 0.782. The fourth-order valence-electron chi connectivity index (χ4n) is 2.09. The van der Waals surface area contributed by atoms with Gasteiger partial charge in [-0.15, -0.1) is 0 Å². The lowest BCUT2D eigenvalue weighted by molar-refractivity contribution is -0.122. The van der Waals surface area contributed by atoms with Crippen LogP contribution in [0, 0.1) is 13.8 Å². The van der Waals surface area contributed by atoms with E-state index in [0.717, 1.165) is 5.56 Å². The summed E-state index contributed by atoms with van der Waals surface area (Å²) in [5, 5.41) is 3.54. The van der Waals surface area contributed by atoms with Crippen molar-refractivity contribution >= 4 is 34.8 Å². The van der Waals surface area contributed by atoms with E-state index in [2.05, 4.69) is 5.32 Å². The van der Waals surface area contributed by atoms with Crippen LogP contribution < -0.4 is 10.1 Å². The summed E-state index contributed by atoms with van der Waals surface area (Å²) in [6.45, 7) is 5.93. The van der Waals surface area contributed by atoms with Crippen LogP contribution in [0.5, 0.6) is 5.75 Å². The molecule has 2 rings (SSSR count). The number of amides is 1. The van der Waals surface area contributed by atoms with E-state index in [4.69, 9.17) is 27.9 Å². The third kappa shape index (κ3) is 4.40. The topological polar surface area (TPSA) is 38.3 Å². The SMILES string of the molecule is CC[C@@H](Oc1ccc(C)c(C)c1)C(=O)Nc1c(Cl)cccc1Cl. The van der Waals surface area contributed by atoms with Crippen LogP contribution in [0.15, 0.2) is 36.4 Å². The average molecular weight is 352 g/mol. The molecule has 0 aliphatic rings. The van der Waals surface area contributed by atoms with Gasteiger partial charge in [0.1, 0.15) is 5.75 Å². The van der Waals surface area contributed by atoms with Gasteiger partial charge in [0.15, 0.2) is 6.10 Å². The van der Waals surface area contributed by atoms with Crippen molar-refractivity contribution in [1.29, 1.82) is 0 Å². The average Bonchev–Trinajstić information content (AvgIpc) is 2.52. The van der Waals surface area contributed by atoms with E-state index >= 15 is 0 Å². The largest absolute Gasteiger partial charge is 0.481 e. The van der Waals surface area contributed by atoms with E-state index in [9.17, 15) is 4.79 Å². The number of aryl methyl sites for hydroxylation is 2. The molecule has 1 atom stereocenters. The Hall–Kier alpha value is -1.71. The lowest BCUT2D eigenvalue weighted by Gasteiger charge is -2.19. The van der Waals surface area contributed by atoms with Crippen molar-refractivity contribution in [1.82, 2.24) is 0 Å². The van der Waals surface area contributed by atoms with Gasteiger partial charge in [-0.3, -0.25) is 4.79 Å². The first-order chi connectivity index (χ1) is 10.9. The van der Waals surface area contributed by atoms with E-state index in [0.29, 0.717) is 27.9 Å². The number of benzene rings is 2. The third-order valence-electron chi connectivity index (χ3n) is 3.63. The van der Waals surface area contributed by atoms with Crippen molar-refractivity contribution in [2.24, 2.45) is 0 Å². The zero-order valence-corrected chi connectivity index (χ0v) is 14.8. The standard InChI is InChI=1S/C18H19Cl2NO2/c1-4-16(23-13-9-8-11(2)12(3)10-13)18(22)21-17-14(19)6-5-7-15(17)20/h5-10,16H,4H2,1-3H3,(H,21,22)/t16-/m1/s1. The second-order valence-electron chi connectivity index (χ2n) is 5.35. The molecular formula is C18H19Cl2NO2. The normalized spacial score (nSPS) is 11.9. The smallest absolute Gasteiger partial charge is 0.265 e. The second-order valence-corrected chi connectivity index (χ2v) is 6.16. The predicted octanol–water partition coefficient (Wildman–Crippen LogP) is 5.41. The minimum atomic E-state index is -0.621. The molecule has 0 saturated heterocycles. The van der Waals surface area contributed by atoms with Crippen molar-refractivity contribution in [2.45, 2.75) is 33.3 Å². The molecule has 3 nitrogen and oxygen atoms in total. The highest BCUT2D eigenvalue weighted by molar-refractivity contribution is 6.39. The molecule has 0 fully saturated rings. The molecule has 122 valence electrons. The molecule has 0 saturated carbocycles. The highest BCUT2D eigenvalue weighted by Crippen LogP contribution is 2.30. The van der Waals surface area contributed by atoms with Crippen LogP contribution in [0.2, 0.25) is 10.0 Å². The van der Waals surface area contributed by atoms with Gasteiger partial charge >= 0.3 is 0 Å². The van der Waals surface area contributed by atoms with Crippen LogP contribution in [-0.2, 0) is 4.79 Å². The summed E-state index contributed by atoms with van der Waals surface area (Å²) in [5.41, 5.74) is 2.70. The first-order valence-electron chi connectivity index (χ1n) is 7.41. The van der Waals surface area contributed by atoms with Crippen LogP contribution >= 0.6 is 23.2 Å². The van der Waals surface area contributed by atoms with E-state index < -0.39 is 6.10 Å². The van der Waals surface area contributed by atoms with Gasteiger partial charge in [-0.2, -0.15) is 0 Å². The molecule has 0 unspecified atom stereocenters. The van der Waals surface area contributed by atoms with Crippen molar-refractivity contribution in [2.75, 3.05) is 5.32 Å². The molecule has 2 aromatic rings. The summed E-state index contributed by atoms with van der Waals surface area (Å²) < 4.78 is 5.81. The maximum Gasteiger partial charge on any atom is 0.265 e. The monoisotopic (exact) mass is 351 g/mol. The zero-order valence-electron chi connectivity index (χ0n) is 13.3. The van der Waals surface area contributed by atoms with Crippen molar-refractivity contribution < 1.29 is 9.53 Å². The number of rotatable bonds is 5. The molecular weight excluding hydrogens is 333 g/mol. The van der Waals surface area contributed by atoms with E-state index in [1.54, 1.807) is 18.2 Å². The minimum absolute atomic E-state index is 0.277. The van der Waals surface area contributed by atoms with Gasteiger partial charge in [-0.25, -0.2) is 0 Å². The van der Waals surface area contributed by atoms with E-state index in [1.807, 2.05) is 39.0 Å². The van der Waals surface area contributed by atoms with E-state index in [1.165, 1.54) is 5.56 Å². The number of nitrogens with one attached hydrogen (secondary N) is 1. The van der Waals surface area contributed by atoms with Gasteiger partial charge in [-0.1, -0.05) is 42.3 Å². The summed E-state index contributed by atoms with van der Waals surface area (Å²) in [5.74, 6) is 0.390. The Morgan fingerprint density at radius 3 is 2.35 bits per heavy atom. The van der Waals surface area contributed by atoms with Crippen molar-refractivity contribution in [3.8, 4) is 5.75 Å². The Balaban J connectivity index is 2.13. The molecule has 1 N–H and O–H groups in total. The highest BCUT2D eigenvalue weighted by atomic mass is 35.5. The van der Waals surface area contributed by atoms with E-state index in [-0.39, 0.29) is 5.91 Å². The Morgan fingerprint density at radius 2 is 1.78 bits per heavy atom. The van der Waals surface area contributed by atoms with Crippen LogP contribution in [0.25, 0.3) is 0 Å². The Bertz CT molecular complexity index is 696. The summed E-state index contributed by atoms with van der Waals surface area (Å²) in [7, 11) is 0. The summed E-state index contributed by atoms with van der Waals surface area (Å²) in [6.07, 6.45) is -0.0923. The minimum Gasteiger partial charge on any atom is -0.481 e. The maximum absolute atomic E-state index is 12.5. The van der Waals surface area contributed by atoms with Crippen LogP contribution in [-0.4, -0.2) is 12.0 Å². The molecule has 5 heteroatoms. The van der Waals surface area contributed by atoms with Crippen molar-refractivity contribution in [3.05, 3.63) is 57.6 Å². The van der Waals surface area contributed by atoms with Crippen LogP contribution in [0.3, 0.4) is 0 Å².